The fourth-order valence-electron chi connectivity index (χ4n) is 2.74. The van der Waals surface area contributed by atoms with E-state index in [9.17, 15) is 8.42 Å². The van der Waals surface area contributed by atoms with Crippen LogP contribution in [-0.2, 0) is 10.0 Å². The Bertz CT molecular complexity index is 941. The lowest BCUT2D eigenvalue weighted by atomic mass is 10.2. The van der Waals surface area contributed by atoms with Gasteiger partial charge in [0.1, 0.15) is 0 Å². The summed E-state index contributed by atoms with van der Waals surface area (Å²) in [7, 11) is -0.130. The average Bonchev–Trinajstić information content (AvgIpc) is 2.54. The van der Waals surface area contributed by atoms with Gasteiger partial charge in [0.2, 0.25) is 0 Å². The van der Waals surface area contributed by atoms with Crippen molar-refractivity contribution in [1.29, 1.82) is 0 Å². The van der Waals surface area contributed by atoms with E-state index in [0.717, 1.165) is 16.3 Å². The summed E-state index contributed by atoms with van der Waals surface area (Å²) in [5.41, 5.74) is 1.26. The van der Waals surface area contributed by atoms with Gasteiger partial charge in [-0.05, 0) is 43.2 Å². The second kappa shape index (κ2) is 6.59. The molecule has 6 heteroatoms. The van der Waals surface area contributed by atoms with Gasteiger partial charge in [0, 0.05) is 23.5 Å². The first kappa shape index (κ1) is 16.4. The lowest BCUT2D eigenvalue weighted by Gasteiger charge is -2.25. The van der Waals surface area contributed by atoms with Gasteiger partial charge in [0.15, 0.2) is 5.37 Å². The van der Waals surface area contributed by atoms with E-state index >= 15 is 0 Å². The molecule has 1 N–H and O–H groups in total. The van der Waals surface area contributed by atoms with Gasteiger partial charge in [-0.3, -0.25) is 14.6 Å². The normalized spacial score (nSPS) is 13.1. The van der Waals surface area contributed by atoms with Crippen LogP contribution < -0.4 is 4.72 Å². The van der Waals surface area contributed by atoms with Crippen molar-refractivity contribution >= 4 is 26.5 Å². The average molecular weight is 341 g/mol. The third kappa shape index (κ3) is 3.39. The van der Waals surface area contributed by atoms with E-state index in [4.69, 9.17) is 0 Å². The number of benzene rings is 2. The maximum absolute atomic E-state index is 12.9. The van der Waals surface area contributed by atoms with Gasteiger partial charge in [-0.25, -0.2) is 8.42 Å². The fourth-order valence-corrected chi connectivity index (χ4v) is 4.38. The molecule has 1 heterocycles. The number of nitrogens with one attached hydrogen (secondary N) is 1. The number of rotatable bonds is 5. The van der Waals surface area contributed by atoms with Crippen molar-refractivity contribution in [3.63, 3.8) is 0 Å². The number of anilines is 1. The highest BCUT2D eigenvalue weighted by Crippen LogP contribution is 2.27. The number of aromatic nitrogens is 1. The van der Waals surface area contributed by atoms with Gasteiger partial charge < -0.3 is 0 Å². The number of nitrogens with zero attached hydrogens (tertiary/aromatic N) is 2. The zero-order valence-electron chi connectivity index (χ0n) is 13.5. The van der Waals surface area contributed by atoms with Gasteiger partial charge in [0.05, 0.1) is 0 Å². The monoisotopic (exact) mass is 341 g/mol. The number of fused-ring (bicyclic) bond motifs is 1. The van der Waals surface area contributed by atoms with Crippen LogP contribution in [-0.4, -0.2) is 32.4 Å². The van der Waals surface area contributed by atoms with Crippen molar-refractivity contribution in [2.24, 2.45) is 0 Å². The number of sulfonamides is 1. The summed E-state index contributed by atoms with van der Waals surface area (Å²) in [5.74, 6) is 0. The van der Waals surface area contributed by atoms with Crippen molar-refractivity contribution < 1.29 is 8.42 Å². The molecular formula is C18H19N3O2S. The zero-order valence-corrected chi connectivity index (χ0v) is 14.4. The molecule has 0 saturated carbocycles. The van der Waals surface area contributed by atoms with Crippen molar-refractivity contribution in [1.82, 2.24) is 9.88 Å². The van der Waals surface area contributed by atoms with Crippen LogP contribution in [0.3, 0.4) is 0 Å². The van der Waals surface area contributed by atoms with Crippen LogP contribution in [0.5, 0.6) is 0 Å². The molecule has 0 radical (unpaired) electrons. The minimum atomic E-state index is -3.64. The molecule has 3 aromatic rings. The Hall–Kier alpha value is -2.44. The second-order valence-electron chi connectivity index (χ2n) is 5.81. The molecule has 1 aromatic heterocycles. The smallest absolute Gasteiger partial charge is 0.253 e. The molecule has 0 saturated heterocycles. The summed E-state index contributed by atoms with van der Waals surface area (Å²) in [6.45, 7) is 0. The number of hydrogen-bond acceptors (Lipinski definition) is 4. The highest BCUT2D eigenvalue weighted by atomic mass is 32.2. The van der Waals surface area contributed by atoms with E-state index in [0.29, 0.717) is 5.69 Å². The van der Waals surface area contributed by atoms with Crippen LogP contribution in [0.15, 0.2) is 67.0 Å². The Labute approximate surface area is 142 Å². The third-order valence-electron chi connectivity index (χ3n) is 3.75. The molecule has 124 valence electrons. The molecule has 1 unspecified atom stereocenters. The Kier molecular flexibility index (Phi) is 4.51. The summed E-state index contributed by atoms with van der Waals surface area (Å²) < 4.78 is 28.5. The maximum atomic E-state index is 12.9. The molecule has 2 aromatic carbocycles. The minimum absolute atomic E-state index is 0.538. The highest BCUT2D eigenvalue weighted by Gasteiger charge is 2.29. The van der Waals surface area contributed by atoms with E-state index in [1.807, 2.05) is 48.5 Å². The summed E-state index contributed by atoms with van der Waals surface area (Å²) >= 11 is 0. The lowest BCUT2D eigenvalue weighted by Crippen LogP contribution is -2.32. The summed E-state index contributed by atoms with van der Waals surface area (Å²) in [5, 5.41) is 1.13. The first-order valence-electron chi connectivity index (χ1n) is 7.54. The van der Waals surface area contributed by atoms with Gasteiger partial charge in [-0.2, -0.15) is 0 Å². The molecule has 3 rings (SSSR count). The van der Waals surface area contributed by atoms with E-state index in [1.54, 1.807) is 37.5 Å². The van der Waals surface area contributed by atoms with Crippen molar-refractivity contribution in [3.05, 3.63) is 72.6 Å². The topological polar surface area (TPSA) is 62.3 Å². The van der Waals surface area contributed by atoms with Gasteiger partial charge in [0.25, 0.3) is 10.0 Å². The van der Waals surface area contributed by atoms with Crippen LogP contribution in [0.25, 0.3) is 10.8 Å². The first-order chi connectivity index (χ1) is 11.5. The van der Waals surface area contributed by atoms with Crippen LogP contribution >= 0.6 is 0 Å². The first-order valence-corrected chi connectivity index (χ1v) is 9.09. The standard InChI is InChI=1S/C18H19N3O2S/c1-21(2)18(14-6-4-3-5-7-14)24(22,23)20-17-9-8-16-13-19-11-10-15(16)12-17/h3-13,18,20H,1-2H3. The SMILES string of the molecule is CN(C)C(c1ccccc1)S(=O)(=O)Nc1ccc2cnccc2c1. The Morgan fingerprint density at radius 2 is 1.75 bits per heavy atom. The molecule has 0 spiro atoms. The molecular weight excluding hydrogens is 322 g/mol. The molecule has 0 aliphatic carbocycles. The molecule has 0 aliphatic rings. The van der Waals surface area contributed by atoms with Crippen molar-refractivity contribution in [2.75, 3.05) is 18.8 Å². The summed E-state index contributed by atoms with van der Waals surface area (Å²) in [6, 6.07) is 16.4. The van der Waals surface area contributed by atoms with E-state index < -0.39 is 15.4 Å². The van der Waals surface area contributed by atoms with Gasteiger partial charge >= 0.3 is 0 Å². The molecule has 0 amide bonds. The Balaban J connectivity index is 1.96. The van der Waals surface area contributed by atoms with E-state index in [-0.39, 0.29) is 0 Å². The highest BCUT2D eigenvalue weighted by molar-refractivity contribution is 7.92. The van der Waals surface area contributed by atoms with Crippen molar-refractivity contribution in [2.45, 2.75) is 5.37 Å². The second-order valence-corrected chi connectivity index (χ2v) is 7.55. The largest absolute Gasteiger partial charge is 0.288 e. The Morgan fingerprint density at radius 1 is 1.00 bits per heavy atom. The van der Waals surface area contributed by atoms with Crippen LogP contribution in [0.2, 0.25) is 0 Å². The minimum Gasteiger partial charge on any atom is -0.288 e. The lowest BCUT2D eigenvalue weighted by molar-refractivity contribution is 0.372. The molecule has 0 fully saturated rings. The Morgan fingerprint density at radius 3 is 2.46 bits per heavy atom. The maximum Gasteiger partial charge on any atom is 0.253 e. The predicted molar refractivity (Wildman–Crippen MR) is 97.2 cm³/mol. The zero-order chi connectivity index (χ0) is 17.2. The number of pyridine rings is 1. The molecule has 5 nitrogen and oxygen atoms in total. The number of hydrogen-bond donors (Lipinski definition) is 1. The van der Waals surface area contributed by atoms with Crippen LogP contribution in [0.1, 0.15) is 10.9 Å². The van der Waals surface area contributed by atoms with Crippen molar-refractivity contribution in [3.8, 4) is 0 Å². The van der Waals surface area contributed by atoms with Crippen LogP contribution in [0, 0.1) is 0 Å². The van der Waals surface area contributed by atoms with E-state index in [1.165, 1.54) is 0 Å². The summed E-state index contributed by atoms with van der Waals surface area (Å²) in [4.78, 5) is 5.75. The molecule has 1 atom stereocenters. The summed E-state index contributed by atoms with van der Waals surface area (Å²) in [6.07, 6.45) is 3.44. The quantitative estimate of drug-likeness (QED) is 0.774. The van der Waals surface area contributed by atoms with Gasteiger partial charge in [-0.15, -0.1) is 0 Å². The third-order valence-corrected chi connectivity index (χ3v) is 5.55. The predicted octanol–water partition coefficient (Wildman–Crippen LogP) is 3.24. The fraction of sp³-hybridized carbons (Fsp3) is 0.167. The van der Waals surface area contributed by atoms with Crippen LogP contribution in [0.4, 0.5) is 5.69 Å². The van der Waals surface area contributed by atoms with E-state index in [2.05, 4.69) is 9.71 Å². The molecule has 0 bridgehead atoms. The molecule has 24 heavy (non-hydrogen) atoms. The van der Waals surface area contributed by atoms with Gasteiger partial charge in [-0.1, -0.05) is 36.4 Å². The molecule has 0 aliphatic heterocycles.